The lowest BCUT2D eigenvalue weighted by Crippen LogP contribution is -2.55. The fourth-order valence-electron chi connectivity index (χ4n) is 2.51. The van der Waals surface area contributed by atoms with Crippen molar-refractivity contribution < 1.29 is 14.6 Å². The maximum Gasteiger partial charge on any atom is 0.227 e. The summed E-state index contributed by atoms with van der Waals surface area (Å²) in [5.74, 6) is 0.0297. The Morgan fingerprint density at radius 1 is 1.55 bits per heavy atom. The van der Waals surface area contributed by atoms with Gasteiger partial charge in [-0.25, -0.2) is 0 Å². The monoisotopic (exact) mass is 297 g/mol. The molecule has 0 radical (unpaired) electrons. The minimum Gasteiger partial charge on any atom is -0.394 e. The SMILES string of the molecule is CC1(C)CN(C(=O)Cc2cccc(Cl)c2)CC(CO)O1. The number of rotatable bonds is 3. The molecular formula is C15H20ClNO3. The fourth-order valence-corrected chi connectivity index (χ4v) is 2.73. The molecule has 1 aromatic rings. The van der Waals surface area contributed by atoms with E-state index in [-0.39, 0.29) is 18.6 Å². The molecule has 110 valence electrons. The smallest absolute Gasteiger partial charge is 0.227 e. The molecule has 1 saturated heterocycles. The van der Waals surface area contributed by atoms with Gasteiger partial charge in [0.1, 0.15) is 0 Å². The number of hydrogen-bond donors (Lipinski definition) is 1. The number of aliphatic hydroxyl groups is 1. The molecule has 1 aliphatic rings. The Balaban J connectivity index is 2.04. The quantitative estimate of drug-likeness (QED) is 0.927. The van der Waals surface area contributed by atoms with Crippen LogP contribution in [0.3, 0.4) is 0 Å². The second kappa shape index (κ2) is 6.12. The molecule has 5 heteroatoms. The fraction of sp³-hybridized carbons (Fsp3) is 0.533. The summed E-state index contributed by atoms with van der Waals surface area (Å²) >= 11 is 5.93. The van der Waals surface area contributed by atoms with Gasteiger partial charge in [-0.3, -0.25) is 4.79 Å². The van der Waals surface area contributed by atoms with Crippen LogP contribution in [0.5, 0.6) is 0 Å². The second-order valence-electron chi connectivity index (χ2n) is 5.76. The molecular weight excluding hydrogens is 278 g/mol. The van der Waals surface area contributed by atoms with E-state index in [9.17, 15) is 9.90 Å². The highest BCUT2D eigenvalue weighted by Gasteiger charge is 2.35. The van der Waals surface area contributed by atoms with E-state index in [2.05, 4.69) is 0 Å². The van der Waals surface area contributed by atoms with Crippen LogP contribution in [0.1, 0.15) is 19.4 Å². The van der Waals surface area contributed by atoms with E-state index >= 15 is 0 Å². The summed E-state index contributed by atoms with van der Waals surface area (Å²) in [6.07, 6.45) is -0.00326. The predicted molar refractivity (Wildman–Crippen MR) is 77.8 cm³/mol. The summed E-state index contributed by atoms with van der Waals surface area (Å²) in [7, 11) is 0. The zero-order chi connectivity index (χ0) is 14.8. The van der Waals surface area contributed by atoms with E-state index in [0.717, 1.165) is 5.56 Å². The second-order valence-corrected chi connectivity index (χ2v) is 6.20. The molecule has 1 atom stereocenters. The largest absolute Gasteiger partial charge is 0.394 e. The lowest BCUT2D eigenvalue weighted by molar-refractivity contribution is -0.166. The van der Waals surface area contributed by atoms with Gasteiger partial charge in [-0.15, -0.1) is 0 Å². The van der Waals surface area contributed by atoms with Crippen LogP contribution in [0.2, 0.25) is 5.02 Å². The van der Waals surface area contributed by atoms with Gasteiger partial charge >= 0.3 is 0 Å². The maximum atomic E-state index is 12.4. The van der Waals surface area contributed by atoms with Crippen LogP contribution in [0.15, 0.2) is 24.3 Å². The van der Waals surface area contributed by atoms with Crippen LogP contribution in [-0.2, 0) is 16.0 Å². The van der Waals surface area contributed by atoms with Gasteiger partial charge in [-0.05, 0) is 31.5 Å². The minimum atomic E-state index is -0.435. The van der Waals surface area contributed by atoms with Crippen molar-refractivity contribution in [3.05, 3.63) is 34.9 Å². The normalized spacial score (nSPS) is 21.8. The van der Waals surface area contributed by atoms with Crippen LogP contribution < -0.4 is 0 Å². The summed E-state index contributed by atoms with van der Waals surface area (Å²) in [4.78, 5) is 14.1. The highest BCUT2D eigenvalue weighted by molar-refractivity contribution is 6.30. The third-order valence-electron chi connectivity index (χ3n) is 3.28. The number of carbonyl (C=O) groups excluding carboxylic acids is 1. The molecule has 0 saturated carbocycles. The Bertz CT molecular complexity index is 490. The molecule has 1 amide bonds. The zero-order valence-corrected chi connectivity index (χ0v) is 12.6. The van der Waals surface area contributed by atoms with Crippen LogP contribution in [0.4, 0.5) is 0 Å². The number of benzene rings is 1. The van der Waals surface area contributed by atoms with Crippen LogP contribution in [-0.4, -0.2) is 47.3 Å². The molecule has 1 fully saturated rings. The zero-order valence-electron chi connectivity index (χ0n) is 11.8. The number of morpholine rings is 1. The molecule has 2 rings (SSSR count). The van der Waals surface area contributed by atoms with Gasteiger partial charge in [0.05, 0.1) is 24.7 Å². The van der Waals surface area contributed by atoms with Gasteiger partial charge < -0.3 is 14.7 Å². The first-order valence-corrected chi connectivity index (χ1v) is 7.08. The standard InChI is InChI=1S/C15H20ClNO3/c1-15(2)10-17(8-13(9-18)20-15)14(19)7-11-4-3-5-12(16)6-11/h3-6,13,18H,7-10H2,1-2H3. The first-order valence-electron chi connectivity index (χ1n) is 6.70. The summed E-state index contributed by atoms with van der Waals surface area (Å²) in [5.41, 5.74) is 0.461. The van der Waals surface area contributed by atoms with Crippen molar-refractivity contribution in [3.8, 4) is 0 Å². The number of hydrogen-bond acceptors (Lipinski definition) is 3. The van der Waals surface area contributed by atoms with Crippen molar-refractivity contribution in [2.75, 3.05) is 19.7 Å². The number of amides is 1. The average molecular weight is 298 g/mol. The number of halogens is 1. The van der Waals surface area contributed by atoms with Gasteiger partial charge in [-0.1, -0.05) is 23.7 Å². The number of nitrogens with zero attached hydrogens (tertiary/aromatic N) is 1. The van der Waals surface area contributed by atoms with Crippen LogP contribution >= 0.6 is 11.6 Å². The molecule has 0 spiro atoms. The average Bonchev–Trinajstić information content (AvgIpc) is 2.36. The van der Waals surface area contributed by atoms with Crippen molar-refractivity contribution >= 4 is 17.5 Å². The lowest BCUT2D eigenvalue weighted by atomic mass is 10.0. The Morgan fingerprint density at radius 3 is 2.95 bits per heavy atom. The molecule has 0 aliphatic carbocycles. The summed E-state index contributed by atoms with van der Waals surface area (Å²) < 4.78 is 5.71. The van der Waals surface area contributed by atoms with E-state index in [1.807, 2.05) is 26.0 Å². The Kier molecular flexibility index (Phi) is 4.68. The molecule has 4 nitrogen and oxygen atoms in total. The van der Waals surface area contributed by atoms with Crippen molar-refractivity contribution in [2.24, 2.45) is 0 Å². The van der Waals surface area contributed by atoms with Gasteiger partial charge in [0.15, 0.2) is 0 Å². The third-order valence-corrected chi connectivity index (χ3v) is 3.52. The minimum absolute atomic E-state index is 0.0297. The number of ether oxygens (including phenoxy) is 1. The lowest BCUT2D eigenvalue weighted by Gasteiger charge is -2.42. The Labute approximate surface area is 124 Å². The molecule has 1 aliphatic heterocycles. The van der Waals surface area contributed by atoms with Crippen LogP contribution in [0, 0.1) is 0 Å². The summed E-state index contributed by atoms with van der Waals surface area (Å²) in [6, 6.07) is 7.31. The van der Waals surface area contributed by atoms with Gasteiger partial charge in [-0.2, -0.15) is 0 Å². The number of aliphatic hydroxyl groups excluding tert-OH is 1. The third kappa shape index (κ3) is 3.95. The molecule has 1 unspecified atom stereocenters. The molecule has 20 heavy (non-hydrogen) atoms. The summed E-state index contributed by atoms with van der Waals surface area (Å²) in [6.45, 7) is 4.73. The molecule has 0 aromatic heterocycles. The van der Waals surface area contributed by atoms with Crippen molar-refractivity contribution in [2.45, 2.75) is 32.0 Å². The first-order chi connectivity index (χ1) is 9.39. The molecule has 0 bridgehead atoms. The van der Waals surface area contributed by atoms with E-state index in [0.29, 0.717) is 24.5 Å². The van der Waals surface area contributed by atoms with E-state index in [1.54, 1.807) is 17.0 Å². The molecule has 1 heterocycles. The van der Waals surface area contributed by atoms with Gasteiger partial charge in [0, 0.05) is 18.1 Å². The van der Waals surface area contributed by atoms with Crippen molar-refractivity contribution in [3.63, 3.8) is 0 Å². The molecule has 1 aromatic carbocycles. The Morgan fingerprint density at radius 2 is 2.30 bits per heavy atom. The van der Waals surface area contributed by atoms with E-state index in [4.69, 9.17) is 16.3 Å². The first kappa shape index (κ1) is 15.3. The topological polar surface area (TPSA) is 49.8 Å². The predicted octanol–water partition coefficient (Wildman–Crippen LogP) is 1.88. The highest BCUT2D eigenvalue weighted by Crippen LogP contribution is 2.22. The van der Waals surface area contributed by atoms with E-state index in [1.165, 1.54) is 0 Å². The number of carbonyl (C=O) groups is 1. The van der Waals surface area contributed by atoms with Crippen molar-refractivity contribution in [1.29, 1.82) is 0 Å². The molecule has 1 N–H and O–H groups in total. The van der Waals surface area contributed by atoms with Gasteiger partial charge in [0.25, 0.3) is 0 Å². The van der Waals surface area contributed by atoms with E-state index < -0.39 is 5.60 Å². The maximum absolute atomic E-state index is 12.4. The Hall–Kier alpha value is -1.10. The van der Waals surface area contributed by atoms with Gasteiger partial charge in [0.2, 0.25) is 5.91 Å². The summed E-state index contributed by atoms with van der Waals surface area (Å²) in [5, 5.41) is 9.90. The highest BCUT2D eigenvalue weighted by atomic mass is 35.5. The van der Waals surface area contributed by atoms with Crippen molar-refractivity contribution in [1.82, 2.24) is 4.90 Å². The van der Waals surface area contributed by atoms with Crippen LogP contribution in [0.25, 0.3) is 0 Å².